The normalized spacial score (nSPS) is 15.9. The molecule has 0 spiro atoms. The summed E-state index contributed by atoms with van der Waals surface area (Å²) in [4.78, 5) is 21.0. The predicted octanol–water partition coefficient (Wildman–Crippen LogP) is 3.50. The first-order valence-corrected chi connectivity index (χ1v) is 14.2. The number of hydrogen-bond donors (Lipinski definition) is 3. The van der Waals surface area contributed by atoms with E-state index >= 15 is 0 Å². The van der Waals surface area contributed by atoms with Gasteiger partial charge in [-0.3, -0.25) is 9.80 Å². The number of amides is 1. The number of fused-ring (bicyclic) bond motifs is 2. The van der Waals surface area contributed by atoms with E-state index in [-0.39, 0.29) is 24.4 Å². The zero-order valence-electron chi connectivity index (χ0n) is 26.7. The molecule has 1 amide bonds. The predicted molar refractivity (Wildman–Crippen MR) is 172 cm³/mol. The highest BCUT2D eigenvalue weighted by molar-refractivity contribution is 5.93. The maximum absolute atomic E-state index is 13.0. The van der Waals surface area contributed by atoms with Crippen molar-refractivity contribution in [1.82, 2.24) is 5.32 Å². The molecule has 0 radical (unpaired) electrons. The molecule has 1 heterocycles. The molecule has 13 heteroatoms. The summed E-state index contributed by atoms with van der Waals surface area (Å²) in [6, 6.07) is 16.3. The third-order valence-electron chi connectivity index (χ3n) is 7.37. The highest BCUT2D eigenvalue weighted by atomic mass is 16.7. The number of anilines is 1. The van der Waals surface area contributed by atoms with Gasteiger partial charge in [-0.1, -0.05) is 12.1 Å². The maximum Gasteiger partial charge on any atom is 0.269 e. The van der Waals surface area contributed by atoms with Gasteiger partial charge in [0, 0.05) is 25.3 Å². The molecule has 1 aliphatic heterocycles. The molecule has 5 rings (SSSR count). The number of aryl methyl sites for hydroxylation is 1. The van der Waals surface area contributed by atoms with Crippen LogP contribution in [0.4, 0.5) is 5.69 Å². The molecule has 13 nitrogen and oxygen atoms in total. The Labute approximate surface area is 268 Å². The lowest BCUT2D eigenvalue weighted by Gasteiger charge is -2.34. The minimum Gasteiger partial charge on any atom is -0.497 e. The number of methoxy groups -OCH3 is 5. The van der Waals surface area contributed by atoms with Crippen LogP contribution in [0.5, 0.6) is 34.5 Å². The number of carbonyl (C=O) groups is 2. The number of nitrogens with one attached hydrogen (secondary N) is 1. The number of nitrogens with zero attached hydrogens (tertiary/aromatic N) is 1. The lowest BCUT2D eigenvalue weighted by Crippen LogP contribution is -2.40. The number of para-hydroxylation sites is 1. The van der Waals surface area contributed by atoms with E-state index in [4.69, 9.17) is 49.5 Å². The maximum atomic E-state index is 13.0. The largest absolute Gasteiger partial charge is 0.497 e. The Morgan fingerprint density at radius 1 is 0.957 bits per heavy atom. The van der Waals surface area contributed by atoms with Crippen molar-refractivity contribution in [1.29, 1.82) is 0 Å². The third-order valence-corrected chi connectivity index (χ3v) is 7.37. The second-order valence-corrected chi connectivity index (χ2v) is 10.00. The second-order valence-electron chi connectivity index (χ2n) is 10.00. The van der Waals surface area contributed by atoms with Gasteiger partial charge < -0.3 is 49.0 Å². The lowest BCUT2D eigenvalue weighted by atomic mass is 9.79. The van der Waals surface area contributed by atoms with Gasteiger partial charge in [0.2, 0.25) is 12.5 Å². The highest BCUT2D eigenvalue weighted by Crippen LogP contribution is 2.42. The van der Waals surface area contributed by atoms with E-state index in [1.807, 2.05) is 37.1 Å². The number of benzene rings is 3. The van der Waals surface area contributed by atoms with E-state index in [0.717, 1.165) is 29.7 Å². The number of ether oxygens (including phenoxy) is 7. The van der Waals surface area contributed by atoms with Crippen LogP contribution in [-0.4, -0.2) is 61.6 Å². The molecule has 1 aliphatic carbocycles. The fraction of sp³-hybridized carbons (Fsp3) is 0.333. The van der Waals surface area contributed by atoms with Crippen LogP contribution in [0.3, 0.4) is 0 Å². The van der Waals surface area contributed by atoms with Crippen molar-refractivity contribution in [2.75, 3.05) is 54.0 Å². The average Bonchev–Trinajstić information content (AvgIpc) is 3.56. The minimum absolute atomic E-state index is 0.0145. The van der Waals surface area contributed by atoms with E-state index in [2.05, 4.69) is 5.32 Å². The Bertz CT molecular complexity index is 1460. The third kappa shape index (κ3) is 8.52. The molecule has 46 heavy (non-hydrogen) atoms. The van der Waals surface area contributed by atoms with E-state index in [0.29, 0.717) is 41.0 Å². The van der Waals surface area contributed by atoms with Gasteiger partial charge in [0.1, 0.15) is 18.2 Å². The van der Waals surface area contributed by atoms with Gasteiger partial charge in [-0.2, -0.15) is 0 Å². The molecule has 0 bridgehead atoms. The Morgan fingerprint density at radius 2 is 1.61 bits per heavy atom. The van der Waals surface area contributed by atoms with Crippen molar-refractivity contribution in [3.05, 3.63) is 77.6 Å². The standard InChI is InChI=1S/C23H28N4O5.C9H12O3.CH2O/c1-29-12-15-7-6-14-8-20-21(32-13-31-20)10-18(14)22(15)26-23(28)19(24)11-27(25)16-4-3-5-17(9-16)30-2;1-10-7-5-4-6-8(11-2)9(7)12-3;1-2/h3-5,8-11,15,22H,6-7,12-13,24-25H2,1-2H3,(H,26,28);4-6H,1-3H3;1H2/b19-11-;;. The number of nitrogens with two attached hydrogens (primary N) is 2. The van der Waals surface area contributed by atoms with Gasteiger partial charge in [-0.05, 0) is 60.4 Å². The molecule has 0 saturated heterocycles. The zero-order chi connectivity index (χ0) is 33.6. The van der Waals surface area contributed by atoms with Crippen LogP contribution in [0, 0.1) is 5.92 Å². The molecule has 2 unspecified atom stereocenters. The summed E-state index contributed by atoms with van der Waals surface area (Å²) in [5.74, 6) is 9.81. The van der Waals surface area contributed by atoms with Crippen LogP contribution in [0.15, 0.2) is 66.5 Å². The van der Waals surface area contributed by atoms with Crippen molar-refractivity contribution in [3.63, 3.8) is 0 Å². The summed E-state index contributed by atoms with van der Waals surface area (Å²) in [7, 11) is 8.00. The van der Waals surface area contributed by atoms with E-state index < -0.39 is 5.91 Å². The van der Waals surface area contributed by atoms with E-state index in [1.165, 1.54) is 11.2 Å². The van der Waals surface area contributed by atoms with Crippen LogP contribution >= 0.6 is 0 Å². The lowest BCUT2D eigenvalue weighted by molar-refractivity contribution is -0.119. The first-order valence-electron chi connectivity index (χ1n) is 14.2. The van der Waals surface area contributed by atoms with Crippen molar-refractivity contribution < 1.29 is 42.7 Å². The van der Waals surface area contributed by atoms with Crippen LogP contribution in [0.2, 0.25) is 0 Å². The Balaban J connectivity index is 0.000000345. The molecule has 5 N–H and O–H groups in total. The summed E-state index contributed by atoms with van der Waals surface area (Å²) in [5, 5.41) is 4.35. The van der Waals surface area contributed by atoms with Gasteiger partial charge in [-0.15, -0.1) is 0 Å². The first-order chi connectivity index (χ1) is 22.3. The topological polar surface area (TPSA) is 166 Å². The highest BCUT2D eigenvalue weighted by Gasteiger charge is 2.33. The summed E-state index contributed by atoms with van der Waals surface area (Å²) in [6.07, 6.45) is 3.12. The molecule has 248 valence electrons. The fourth-order valence-electron chi connectivity index (χ4n) is 5.15. The van der Waals surface area contributed by atoms with E-state index in [1.54, 1.807) is 59.8 Å². The molecule has 2 atom stereocenters. The molecule has 3 aromatic carbocycles. The molecule has 3 aromatic rings. The molecule has 0 aromatic heterocycles. The van der Waals surface area contributed by atoms with Crippen LogP contribution in [0.25, 0.3) is 0 Å². The van der Waals surface area contributed by atoms with Crippen molar-refractivity contribution in [2.24, 2.45) is 17.5 Å². The first kappa shape index (κ1) is 35.3. The molecule has 0 fully saturated rings. The van der Waals surface area contributed by atoms with Crippen LogP contribution in [-0.2, 0) is 20.7 Å². The smallest absolute Gasteiger partial charge is 0.269 e. The Hall–Kier alpha value is -5.14. The molecular formula is C33H42N4O9. The number of carbonyl (C=O) groups excluding carboxylic acids is 2. The molecule has 0 saturated carbocycles. The minimum atomic E-state index is -0.417. The number of hydrazine groups is 1. The number of hydrogen-bond acceptors (Lipinski definition) is 12. The quantitative estimate of drug-likeness (QED) is 0.168. The summed E-state index contributed by atoms with van der Waals surface area (Å²) in [6.45, 7) is 2.71. The van der Waals surface area contributed by atoms with Crippen LogP contribution in [0.1, 0.15) is 23.6 Å². The van der Waals surface area contributed by atoms with Crippen LogP contribution < -0.4 is 50.3 Å². The molecule has 2 aliphatic rings. The van der Waals surface area contributed by atoms with Gasteiger partial charge >= 0.3 is 0 Å². The van der Waals surface area contributed by atoms with Gasteiger partial charge in [0.05, 0.1) is 46.8 Å². The molecular weight excluding hydrogens is 596 g/mol. The van der Waals surface area contributed by atoms with Crippen molar-refractivity contribution in [3.8, 4) is 34.5 Å². The summed E-state index contributed by atoms with van der Waals surface area (Å²) < 4.78 is 36.9. The van der Waals surface area contributed by atoms with Gasteiger partial charge in [0.15, 0.2) is 23.0 Å². The summed E-state index contributed by atoms with van der Waals surface area (Å²) >= 11 is 0. The average molecular weight is 639 g/mol. The summed E-state index contributed by atoms with van der Waals surface area (Å²) in [5.41, 5.74) is 8.82. The van der Waals surface area contributed by atoms with Crippen molar-refractivity contribution >= 4 is 18.4 Å². The van der Waals surface area contributed by atoms with Gasteiger partial charge in [-0.25, -0.2) is 5.84 Å². The second kappa shape index (κ2) is 17.4. The Kier molecular flexibility index (Phi) is 13.3. The number of rotatable bonds is 10. The monoisotopic (exact) mass is 638 g/mol. The van der Waals surface area contributed by atoms with Gasteiger partial charge in [0.25, 0.3) is 5.91 Å². The van der Waals surface area contributed by atoms with E-state index in [9.17, 15) is 4.79 Å². The SMILES string of the molecule is C=O.COCC1CCc2cc3c(cc2C1NC(=O)/C(N)=C/N(N)c1cccc(OC)c1)OCO3.COc1cccc(OC)c1OC. The zero-order valence-corrected chi connectivity index (χ0v) is 26.7. The fourth-order valence-corrected chi connectivity index (χ4v) is 5.15. The van der Waals surface area contributed by atoms with Crippen molar-refractivity contribution in [2.45, 2.75) is 18.9 Å². The Morgan fingerprint density at radius 3 is 2.22 bits per heavy atom.